The highest BCUT2D eigenvalue weighted by Gasteiger charge is 2.36. The quantitative estimate of drug-likeness (QED) is 0.284. The Kier molecular flexibility index (Phi) is 8.53. The Morgan fingerprint density at radius 2 is 1.73 bits per heavy atom. The molecule has 3 fully saturated rings. The first-order valence-corrected chi connectivity index (χ1v) is 17.5. The number of nitriles is 1. The zero-order valence-electron chi connectivity index (χ0n) is 26.2. The van der Waals surface area contributed by atoms with Gasteiger partial charge in [0.25, 0.3) is 5.56 Å². The summed E-state index contributed by atoms with van der Waals surface area (Å²) in [6.45, 7) is 3.85. The van der Waals surface area contributed by atoms with Gasteiger partial charge in [-0.15, -0.1) is 0 Å². The Morgan fingerprint density at radius 1 is 1.00 bits per heavy atom. The Hall–Kier alpha value is -4.58. The fourth-order valence-electron chi connectivity index (χ4n) is 6.95. The first-order chi connectivity index (χ1) is 23.1. The van der Waals surface area contributed by atoms with Crippen molar-refractivity contribution >= 4 is 32.5 Å². The van der Waals surface area contributed by atoms with Crippen LogP contribution in [0.15, 0.2) is 65.7 Å². The number of hydrogen-bond acceptors (Lipinski definition) is 8. The van der Waals surface area contributed by atoms with E-state index in [4.69, 9.17) is 4.74 Å². The van der Waals surface area contributed by atoms with E-state index >= 15 is 4.39 Å². The van der Waals surface area contributed by atoms with E-state index in [0.717, 1.165) is 48.3 Å². The smallest absolute Gasteiger partial charge is 0.301 e. The monoisotopic (exact) mass is 675 g/mol. The number of rotatable bonds is 7. The van der Waals surface area contributed by atoms with Crippen molar-refractivity contribution in [2.75, 3.05) is 48.9 Å². The maximum atomic E-state index is 15.0. The summed E-state index contributed by atoms with van der Waals surface area (Å²) in [6.07, 6.45) is 5.04. The lowest BCUT2D eigenvalue weighted by molar-refractivity contribution is 0.155. The molecule has 11 nitrogen and oxygen atoms in total. The average molecular weight is 676 g/mol. The zero-order valence-corrected chi connectivity index (χ0v) is 27.0. The van der Waals surface area contributed by atoms with Crippen molar-refractivity contribution in [1.82, 2.24) is 19.2 Å². The summed E-state index contributed by atoms with van der Waals surface area (Å²) in [5.74, 6) is -1.39. The highest BCUT2D eigenvalue weighted by Crippen LogP contribution is 2.40. The first kappa shape index (κ1) is 32.0. The standard InChI is InChI=1S/C34H35F2N7O4S/c35-23-9-16-42(21-23)48(45,46)40-31-8-6-29(36)32(28(31)20-37)47-26-5-7-30-27(19-26)33(44)43(22-39-30)25-3-1-24(2-4-25)41-17-12-34(13-18-41)10-14-38-15-11-34/h1-8,19,22-23,38,40H,9-18,21H2/t23-/m1/s1. The minimum absolute atomic E-state index is 0.0208. The fourth-order valence-corrected chi connectivity index (χ4v) is 8.23. The van der Waals surface area contributed by atoms with Crippen LogP contribution in [-0.2, 0) is 10.2 Å². The lowest BCUT2D eigenvalue weighted by atomic mass is 9.71. The van der Waals surface area contributed by atoms with E-state index in [0.29, 0.717) is 16.6 Å². The normalized spacial score (nSPS) is 19.8. The van der Waals surface area contributed by atoms with Crippen LogP contribution in [0.4, 0.5) is 20.2 Å². The molecule has 250 valence electrons. The molecule has 7 rings (SSSR count). The number of nitrogens with one attached hydrogen (secondary N) is 2. The Balaban J connectivity index is 1.12. The van der Waals surface area contributed by atoms with Crippen molar-refractivity contribution in [1.29, 1.82) is 5.26 Å². The predicted octanol–water partition coefficient (Wildman–Crippen LogP) is 4.86. The third-order valence-corrected chi connectivity index (χ3v) is 11.3. The van der Waals surface area contributed by atoms with Crippen LogP contribution < -0.4 is 25.2 Å². The molecule has 1 atom stereocenters. The fraction of sp³-hybridized carbons (Fsp3) is 0.382. The molecular weight excluding hydrogens is 640 g/mol. The Morgan fingerprint density at radius 3 is 2.42 bits per heavy atom. The minimum atomic E-state index is -4.20. The number of aromatic nitrogens is 2. The third kappa shape index (κ3) is 6.21. The van der Waals surface area contributed by atoms with Crippen LogP contribution in [0, 0.1) is 22.6 Å². The summed E-state index contributed by atoms with van der Waals surface area (Å²) in [4.78, 5) is 20.5. The van der Waals surface area contributed by atoms with Gasteiger partial charge in [0.1, 0.15) is 29.9 Å². The molecule has 0 amide bonds. The number of fused-ring (bicyclic) bond motifs is 1. The van der Waals surface area contributed by atoms with E-state index in [1.54, 1.807) is 12.1 Å². The number of alkyl halides is 1. The van der Waals surface area contributed by atoms with Gasteiger partial charge < -0.3 is 15.0 Å². The van der Waals surface area contributed by atoms with Gasteiger partial charge >= 0.3 is 10.2 Å². The molecule has 0 aliphatic carbocycles. The van der Waals surface area contributed by atoms with Gasteiger partial charge in [-0.1, -0.05) is 0 Å². The van der Waals surface area contributed by atoms with Gasteiger partial charge in [-0.3, -0.25) is 14.1 Å². The number of nitrogens with zero attached hydrogens (tertiary/aromatic N) is 5. The third-order valence-electron chi connectivity index (χ3n) is 9.82. The van der Waals surface area contributed by atoms with Crippen molar-refractivity contribution in [3.63, 3.8) is 0 Å². The number of piperidine rings is 2. The summed E-state index contributed by atoms with van der Waals surface area (Å²) in [5.41, 5.74) is 1.57. The molecule has 14 heteroatoms. The molecule has 3 aromatic carbocycles. The summed E-state index contributed by atoms with van der Waals surface area (Å²) < 4.78 is 64.7. The Bertz CT molecular complexity index is 2050. The van der Waals surface area contributed by atoms with Gasteiger partial charge in [0.05, 0.1) is 22.3 Å². The molecule has 0 saturated carbocycles. The van der Waals surface area contributed by atoms with Gasteiger partial charge in [0.15, 0.2) is 11.6 Å². The molecule has 0 radical (unpaired) electrons. The van der Waals surface area contributed by atoms with Crippen molar-refractivity contribution < 1.29 is 21.9 Å². The topological polar surface area (TPSA) is 133 Å². The predicted molar refractivity (Wildman–Crippen MR) is 178 cm³/mol. The summed E-state index contributed by atoms with van der Waals surface area (Å²) in [7, 11) is -4.20. The molecular formula is C34H35F2N7O4S. The van der Waals surface area contributed by atoms with Gasteiger partial charge in [0.2, 0.25) is 0 Å². The number of anilines is 2. The maximum Gasteiger partial charge on any atom is 0.301 e. The second-order valence-corrected chi connectivity index (χ2v) is 14.4. The molecule has 3 saturated heterocycles. The minimum Gasteiger partial charge on any atom is -0.453 e. The molecule has 1 spiro atoms. The van der Waals surface area contributed by atoms with Crippen LogP contribution in [0.1, 0.15) is 37.7 Å². The summed E-state index contributed by atoms with van der Waals surface area (Å²) in [6, 6.07) is 16.1. The van der Waals surface area contributed by atoms with Crippen LogP contribution in [0.25, 0.3) is 16.6 Å². The van der Waals surface area contributed by atoms with E-state index in [9.17, 15) is 22.9 Å². The van der Waals surface area contributed by atoms with E-state index in [-0.39, 0.29) is 41.9 Å². The summed E-state index contributed by atoms with van der Waals surface area (Å²) >= 11 is 0. The molecule has 3 aliphatic heterocycles. The van der Waals surface area contributed by atoms with E-state index in [2.05, 4.69) is 19.9 Å². The Labute approximate surface area is 276 Å². The summed E-state index contributed by atoms with van der Waals surface area (Å²) in [5, 5.41) is 13.5. The molecule has 0 unspecified atom stereocenters. The lowest BCUT2D eigenvalue weighted by Crippen LogP contribution is -2.45. The van der Waals surface area contributed by atoms with Crippen molar-refractivity contribution in [2.24, 2.45) is 5.41 Å². The van der Waals surface area contributed by atoms with Crippen molar-refractivity contribution in [3.8, 4) is 23.3 Å². The molecule has 2 N–H and O–H groups in total. The van der Waals surface area contributed by atoms with E-state index in [1.165, 1.54) is 48.7 Å². The number of hydrogen-bond donors (Lipinski definition) is 2. The molecule has 1 aromatic heterocycles. The van der Waals surface area contributed by atoms with Crippen LogP contribution in [0.3, 0.4) is 0 Å². The second-order valence-electron chi connectivity index (χ2n) is 12.7. The maximum absolute atomic E-state index is 15.0. The van der Waals surface area contributed by atoms with Crippen LogP contribution in [0.5, 0.6) is 11.5 Å². The van der Waals surface area contributed by atoms with Crippen molar-refractivity contribution in [2.45, 2.75) is 38.3 Å². The van der Waals surface area contributed by atoms with E-state index < -0.39 is 33.5 Å². The SMILES string of the molecule is N#Cc1c(NS(=O)(=O)N2CC[C@@H](F)C2)ccc(F)c1Oc1ccc2ncn(-c3ccc(N4CCC5(CCNCC5)CC4)cc3)c(=O)c2c1. The van der Waals surface area contributed by atoms with Crippen LogP contribution >= 0.6 is 0 Å². The highest BCUT2D eigenvalue weighted by molar-refractivity contribution is 7.90. The van der Waals surface area contributed by atoms with Gasteiger partial charge in [-0.2, -0.15) is 18.0 Å². The molecule has 0 bridgehead atoms. The van der Waals surface area contributed by atoms with E-state index in [1.807, 2.05) is 24.3 Å². The molecule has 4 heterocycles. The van der Waals surface area contributed by atoms with Crippen LogP contribution in [-0.4, -0.2) is 67.7 Å². The van der Waals surface area contributed by atoms with Crippen molar-refractivity contribution in [3.05, 3.63) is 82.7 Å². The first-order valence-electron chi connectivity index (χ1n) is 16.0. The second kappa shape index (κ2) is 12.8. The number of ether oxygens (including phenoxy) is 1. The average Bonchev–Trinajstić information content (AvgIpc) is 3.55. The molecule has 4 aromatic rings. The lowest BCUT2D eigenvalue weighted by Gasteiger charge is -2.45. The number of halogens is 2. The number of benzene rings is 3. The molecule has 48 heavy (non-hydrogen) atoms. The highest BCUT2D eigenvalue weighted by atomic mass is 32.2. The zero-order chi connectivity index (χ0) is 33.5. The molecule has 3 aliphatic rings. The van der Waals surface area contributed by atoms with Gasteiger partial charge in [0, 0.05) is 31.9 Å². The largest absolute Gasteiger partial charge is 0.453 e. The van der Waals surface area contributed by atoms with Gasteiger partial charge in [-0.25, -0.2) is 13.8 Å². The van der Waals surface area contributed by atoms with Gasteiger partial charge in [-0.05, 0) is 105 Å². The van der Waals surface area contributed by atoms with Crippen LogP contribution in [0.2, 0.25) is 0 Å².